The molecule has 7 rings (SSSR count). The summed E-state index contributed by atoms with van der Waals surface area (Å²) in [5.74, 6) is -0.103. The summed E-state index contributed by atoms with van der Waals surface area (Å²) in [5.41, 5.74) is -1.02. The van der Waals surface area contributed by atoms with Crippen LogP contribution >= 0.6 is 11.6 Å². The normalized spacial score (nSPS) is 20.7. The van der Waals surface area contributed by atoms with Gasteiger partial charge in [0.25, 0.3) is 11.8 Å². The van der Waals surface area contributed by atoms with Gasteiger partial charge in [-0.15, -0.1) is 0 Å². The van der Waals surface area contributed by atoms with Crippen molar-refractivity contribution in [1.82, 2.24) is 44.4 Å². The monoisotopic (exact) mass is 668 g/mol. The first-order valence-corrected chi connectivity index (χ1v) is 15.2. The molecule has 1 aliphatic carbocycles. The van der Waals surface area contributed by atoms with Crippen LogP contribution in [0.15, 0.2) is 49.1 Å². The number of benzene rings is 1. The minimum Gasteiger partial charge on any atom is -0.339 e. The molecule has 0 spiro atoms. The van der Waals surface area contributed by atoms with E-state index in [1.165, 1.54) is 48.3 Å². The minimum atomic E-state index is -4.81. The highest BCUT2D eigenvalue weighted by Gasteiger charge is 2.58. The van der Waals surface area contributed by atoms with Gasteiger partial charge in [-0.1, -0.05) is 11.6 Å². The molecule has 1 aromatic carbocycles. The van der Waals surface area contributed by atoms with E-state index in [1.54, 1.807) is 4.90 Å². The van der Waals surface area contributed by atoms with E-state index in [0.29, 0.717) is 38.0 Å². The molecule has 13 nitrogen and oxygen atoms in total. The van der Waals surface area contributed by atoms with Gasteiger partial charge in [-0.3, -0.25) is 14.4 Å². The summed E-state index contributed by atoms with van der Waals surface area (Å²) in [6.45, 7) is 3.45. The Morgan fingerprint density at radius 2 is 1.68 bits per heavy atom. The lowest BCUT2D eigenvalue weighted by Crippen LogP contribution is -2.51. The number of aromatic nitrogens is 6. The Kier molecular flexibility index (Phi) is 7.71. The second-order valence-corrected chi connectivity index (χ2v) is 12.1. The average Bonchev–Trinajstić information content (AvgIpc) is 3.45. The van der Waals surface area contributed by atoms with Gasteiger partial charge < -0.3 is 25.0 Å². The van der Waals surface area contributed by atoms with Crippen molar-refractivity contribution in [3.05, 3.63) is 71.2 Å². The lowest BCUT2D eigenvalue weighted by molar-refractivity contribution is -0.141. The zero-order valence-corrected chi connectivity index (χ0v) is 25.7. The van der Waals surface area contributed by atoms with E-state index in [4.69, 9.17) is 11.6 Å². The molecule has 5 heterocycles. The molecule has 1 saturated carbocycles. The van der Waals surface area contributed by atoms with Gasteiger partial charge in [-0.2, -0.15) is 18.3 Å². The van der Waals surface area contributed by atoms with Gasteiger partial charge in [-0.05, 0) is 49.2 Å². The minimum absolute atomic E-state index is 0.0116. The van der Waals surface area contributed by atoms with Crippen LogP contribution in [0.4, 0.5) is 18.9 Å². The smallest absolute Gasteiger partial charge is 0.339 e. The lowest BCUT2D eigenvalue weighted by Gasteiger charge is -2.35. The van der Waals surface area contributed by atoms with Crippen molar-refractivity contribution in [1.29, 1.82) is 0 Å². The predicted octanol–water partition coefficient (Wildman–Crippen LogP) is 2.74. The first-order chi connectivity index (χ1) is 22.5. The van der Waals surface area contributed by atoms with Crippen molar-refractivity contribution in [3.63, 3.8) is 0 Å². The van der Waals surface area contributed by atoms with Gasteiger partial charge in [0.15, 0.2) is 11.5 Å². The molecule has 4 aromatic rings. The first kappa shape index (κ1) is 30.8. The van der Waals surface area contributed by atoms with Crippen LogP contribution in [-0.4, -0.2) is 96.1 Å². The maximum absolute atomic E-state index is 13.9. The Morgan fingerprint density at radius 1 is 1.00 bits per heavy atom. The lowest BCUT2D eigenvalue weighted by atomic mass is 10.1. The third-order valence-corrected chi connectivity index (χ3v) is 9.23. The molecule has 0 radical (unpaired) electrons. The number of carbonyl (C=O) groups excluding carboxylic acids is 3. The number of piperidine rings is 1. The maximum Gasteiger partial charge on any atom is 0.435 e. The van der Waals surface area contributed by atoms with Crippen LogP contribution in [0, 0.1) is 17.8 Å². The summed E-state index contributed by atoms with van der Waals surface area (Å²) in [6.07, 6.45) is 0.211. The van der Waals surface area contributed by atoms with E-state index in [9.17, 15) is 27.6 Å². The van der Waals surface area contributed by atoms with Crippen molar-refractivity contribution in [3.8, 4) is 17.2 Å². The number of fused-ring (bicyclic) bond motifs is 1. The Morgan fingerprint density at radius 3 is 2.34 bits per heavy atom. The van der Waals surface area contributed by atoms with Gasteiger partial charge in [0.1, 0.15) is 0 Å². The third-order valence-electron chi connectivity index (χ3n) is 8.92. The second-order valence-electron chi connectivity index (χ2n) is 11.7. The Labute approximate surface area is 270 Å². The second kappa shape index (κ2) is 11.8. The summed E-state index contributed by atoms with van der Waals surface area (Å²) in [4.78, 5) is 54.7. The molecular weight excluding hydrogens is 641 g/mol. The van der Waals surface area contributed by atoms with Gasteiger partial charge >= 0.3 is 6.18 Å². The Hall–Kier alpha value is -4.83. The molecule has 2 aliphatic heterocycles. The molecule has 2 N–H and O–H groups in total. The van der Waals surface area contributed by atoms with Gasteiger partial charge in [0.2, 0.25) is 11.9 Å². The number of hydrogen-bond donors (Lipinski definition) is 2. The first-order valence-electron chi connectivity index (χ1n) is 14.9. The molecule has 2 saturated heterocycles. The fraction of sp³-hybridized carbons (Fsp3) is 0.367. The highest BCUT2D eigenvalue weighted by molar-refractivity contribution is 6.34. The average molecular weight is 669 g/mol. The maximum atomic E-state index is 13.9. The van der Waals surface area contributed by atoms with Crippen molar-refractivity contribution >= 4 is 35.0 Å². The number of halogens is 4. The van der Waals surface area contributed by atoms with E-state index in [0.717, 1.165) is 30.2 Å². The predicted molar refractivity (Wildman–Crippen MR) is 162 cm³/mol. The highest BCUT2D eigenvalue weighted by atomic mass is 35.5. The summed E-state index contributed by atoms with van der Waals surface area (Å²) in [7, 11) is 1.41. The van der Waals surface area contributed by atoms with Crippen molar-refractivity contribution in [2.45, 2.75) is 6.18 Å². The summed E-state index contributed by atoms with van der Waals surface area (Å²) in [5, 5.41) is 9.68. The van der Waals surface area contributed by atoms with Gasteiger partial charge in [0.05, 0.1) is 28.0 Å². The standard InChI is InChI=1S/C30H28ClF3N10O3/c1-41-22(20-15-44(29-36-5-2-6-37-29)40-24(20)30(32,33)34)14-38-25(41)26(45)39-16-3-4-17(21(31)11-16)27(46)42-7-9-43(10-8-42)28(47)23-18-12-35-13-19(18)23/h2-6,11,14-15,18-19,23,35H,7-10,12-13H2,1H3,(H,39,45)/t18-,19+,23?. The number of anilines is 1. The number of nitrogens with zero attached hydrogens (tertiary/aromatic N) is 8. The number of alkyl halides is 3. The van der Waals surface area contributed by atoms with Crippen LogP contribution in [0.2, 0.25) is 5.02 Å². The SMILES string of the molecule is Cn1c(-c2cn(-c3ncccn3)nc2C(F)(F)F)cnc1C(=O)Nc1ccc(C(=O)N2CCN(C(=O)C3[C@H]4CNC[C@@H]34)CC2)c(Cl)c1. The molecule has 244 valence electrons. The number of nitrogens with one attached hydrogen (secondary N) is 2. The molecule has 3 aromatic heterocycles. The van der Waals surface area contributed by atoms with Crippen LogP contribution in [0.25, 0.3) is 17.2 Å². The molecule has 0 bridgehead atoms. The molecule has 1 unspecified atom stereocenters. The fourth-order valence-corrected chi connectivity index (χ4v) is 6.66. The quantitative estimate of drug-likeness (QED) is 0.320. The number of piperazine rings is 1. The summed E-state index contributed by atoms with van der Waals surface area (Å²) in [6, 6.07) is 5.94. The molecule has 3 fully saturated rings. The van der Waals surface area contributed by atoms with Gasteiger partial charge in [-0.25, -0.2) is 19.6 Å². The van der Waals surface area contributed by atoms with Crippen molar-refractivity contribution in [2.24, 2.45) is 24.8 Å². The van der Waals surface area contributed by atoms with Crippen LogP contribution in [0.3, 0.4) is 0 Å². The van der Waals surface area contributed by atoms with Gasteiger partial charge in [0, 0.05) is 63.4 Å². The molecular formula is C30H28ClF3N10O3. The molecule has 3 atom stereocenters. The van der Waals surface area contributed by atoms with E-state index in [-0.39, 0.29) is 57.0 Å². The van der Waals surface area contributed by atoms with Crippen LogP contribution < -0.4 is 10.6 Å². The van der Waals surface area contributed by atoms with Crippen molar-refractivity contribution in [2.75, 3.05) is 44.6 Å². The Balaban J connectivity index is 1.02. The largest absolute Gasteiger partial charge is 0.435 e. The zero-order valence-electron chi connectivity index (χ0n) is 24.9. The summed E-state index contributed by atoms with van der Waals surface area (Å²) < 4.78 is 43.9. The number of amides is 3. The summed E-state index contributed by atoms with van der Waals surface area (Å²) >= 11 is 6.47. The fourth-order valence-electron chi connectivity index (χ4n) is 6.40. The van der Waals surface area contributed by atoms with Crippen LogP contribution in [0.1, 0.15) is 26.7 Å². The topological polar surface area (TPSA) is 143 Å². The number of imidazole rings is 1. The zero-order chi connectivity index (χ0) is 33.0. The molecule has 3 aliphatic rings. The molecule has 47 heavy (non-hydrogen) atoms. The number of rotatable bonds is 6. The van der Waals surface area contributed by atoms with E-state index in [1.807, 2.05) is 4.90 Å². The van der Waals surface area contributed by atoms with Crippen molar-refractivity contribution < 1.29 is 27.6 Å². The number of hydrogen-bond acceptors (Lipinski definition) is 8. The number of carbonyl (C=O) groups is 3. The van der Waals surface area contributed by atoms with E-state index >= 15 is 0 Å². The van der Waals surface area contributed by atoms with Crippen LogP contribution in [0.5, 0.6) is 0 Å². The van der Waals surface area contributed by atoms with Crippen LogP contribution in [-0.2, 0) is 18.0 Å². The third kappa shape index (κ3) is 5.71. The van der Waals surface area contributed by atoms with E-state index in [2.05, 4.69) is 30.7 Å². The highest BCUT2D eigenvalue weighted by Crippen LogP contribution is 2.49. The Bertz CT molecular complexity index is 1860. The molecule has 17 heteroatoms. The molecule has 3 amide bonds. The van der Waals surface area contributed by atoms with E-state index < -0.39 is 17.8 Å².